The molecule has 19 heavy (non-hydrogen) atoms. The van der Waals surface area contributed by atoms with Gasteiger partial charge in [0.05, 0.1) is 12.0 Å². The van der Waals surface area contributed by atoms with Crippen LogP contribution in [0.4, 0.5) is 0 Å². The minimum absolute atomic E-state index is 0.0585. The van der Waals surface area contributed by atoms with E-state index < -0.39 is 0 Å². The molecule has 5 nitrogen and oxygen atoms in total. The number of allylic oxidation sites excluding steroid dienone is 1. The number of amidine groups is 1. The molecular weight excluding hydrogens is 262 g/mol. The van der Waals surface area contributed by atoms with Crippen LogP contribution in [0.25, 0.3) is 0 Å². The minimum atomic E-state index is -0.0585. The Balaban J connectivity index is 2.08. The molecule has 1 fully saturated rings. The van der Waals surface area contributed by atoms with Crippen LogP contribution in [0.3, 0.4) is 0 Å². The van der Waals surface area contributed by atoms with Gasteiger partial charge in [-0.3, -0.25) is 4.79 Å². The zero-order valence-corrected chi connectivity index (χ0v) is 11.0. The van der Waals surface area contributed by atoms with Crippen molar-refractivity contribution in [1.82, 2.24) is 5.32 Å². The number of phenolic OH excluding ortho intramolecular Hbond substituents is 1. The zero-order valence-electron chi connectivity index (χ0n) is 10.2. The second-order valence-corrected chi connectivity index (χ2v) is 4.83. The highest BCUT2D eigenvalue weighted by Crippen LogP contribution is 2.18. The minimum Gasteiger partial charge on any atom is -0.508 e. The number of carbonyl (C=O) groups is 1. The maximum atomic E-state index is 10.9. The number of hydrogen-bond acceptors (Lipinski definition) is 5. The average molecular weight is 275 g/mol. The number of hydrogen-bond donors (Lipinski definition) is 2. The van der Waals surface area contributed by atoms with Crippen molar-refractivity contribution < 1.29 is 9.90 Å². The van der Waals surface area contributed by atoms with Gasteiger partial charge in [0, 0.05) is 0 Å². The summed E-state index contributed by atoms with van der Waals surface area (Å²) in [6.07, 6.45) is 3.89. The van der Waals surface area contributed by atoms with Crippen molar-refractivity contribution in [2.24, 2.45) is 10.2 Å². The third kappa shape index (κ3) is 3.69. The van der Waals surface area contributed by atoms with Gasteiger partial charge in [-0.05, 0) is 35.7 Å². The van der Waals surface area contributed by atoms with Gasteiger partial charge in [0.15, 0.2) is 5.17 Å². The lowest BCUT2D eigenvalue weighted by Gasteiger charge is -2.02. The SMILES string of the molecule is C=CCc1cc(C=NN=C2NC(=O)CS2)ccc1O. The summed E-state index contributed by atoms with van der Waals surface area (Å²) in [4.78, 5) is 10.9. The second kappa shape index (κ2) is 6.19. The van der Waals surface area contributed by atoms with Crippen molar-refractivity contribution >= 4 is 29.1 Å². The van der Waals surface area contributed by atoms with Gasteiger partial charge in [0.25, 0.3) is 0 Å². The van der Waals surface area contributed by atoms with Gasteiger partial charge < -0.3 is 10.4 Å². The molecule has 0 aliphatic carbocycles. The maximum Gasteiger partial charge on any atom is 0.236 e. The molecule has 2 rings (SSSR count). The number of nitrogens with zero attached hydrogens (tertiary/aromatic N) is 2. The number of aromatic hydroxyl groups is 1. The van der Waals surface area contributed by atoms with E-state index in [4.69, 9.17) is 0 Å². The fraction of sp³-hybridized carbons (Fsp3) is 0.154. The number of nitrogens with one attached hydrogen (secondary N) is 1. The van der Waals surface area contributed by atoms with Gasteiger partial charge in [0.2, 0.25) is 5.91 Å². The van der Waals surface area contributed by atoms with E-state index in [2.05, 4.69) is 22.1 Å². The summed E-state index contributed by atoms with van der Waals surface area (Å²) in [5.74, 6) is 0.565. The van der Waals surface area contributed by atoms with Gasteiger partial charge in [0.1, 0.15) is 5.75 Å². The molecule has 98 valence electrons. The topological polar surface area (TPSA) is 74.0 Å². The molecule has 1 aromatic rings. The van der Waals surface area contributed by atoms with Crippen LogP contribution < -0.4 is 5.32 Å². The second-order valence-electron chi connectivity index (χ2n) is 3.87. The molecule has 0 saturated carbocycles. The van der Waals surface area contributed by atoms with Crippen LogP contribution >= 0.6 is 11.8 Å². The third-order valence-corrected chi connectivity index (χ3v) is 3.27. The molecule has 0 bridgehead atoms. The number of amides is 1. The van der Waals surface area contributed by atoms with Crippen LogP contribution in [0, 0.1) is 0 Å². The highest BCUT2D eigenvalue weighted by Gasteiger charge is 2.15. The molecule has 1 heterocycles. The largest absolute Gasteiger partial charge is 0.508 e. The summed E-state index contributed by atoms with van der Waals surface area (Å²) in [6.45, 7) is 3.64. The Morgan fingerprint density at radius 2 is 2.37 bits per heavy atom. The van der Waals surface area contributed by atoms with Gasteiger partial charge in [-0.15, -0.1) is 11.7 Å². The number of carbonyl (C=O) groups excluding carboxylic acids is 1. The molecule has 0 unspecified atom stereocenters. The molecule has 1 aliphatic rings. The smallest absolute Gasteiger partial charge is 0.236 e. The van der Waals surface area contributed by atoms with Crippen molar-refractivity contribution in [3.8, 4) is 5.75 Å². The lowest BCUT2D eigenvalue weighted by molar-refractivity contribution is -0.116. The fourth-order valence-corrected chi connectivity index (χ4v) is 2.16. The molecule has 0 atom stereocenters. The van der Waals surface area contributed by atoms with Gasteiger partial charge in [-0.1, -0.05) is 17.8 Å². The summed E-state index contributed by atoms with van der Waals surface area (Å²) < 4.78 is 0. The summed E-state index contributed by atoms with van der Waals surface area (Å²) >= 11 is 1.32. The summed E-state index contributed by atoms with van der Waals surface area (Å²) in [7, 11) is 0. The van der Waals surface area contributed by atoms with Crippen molar-refractivity contribution in [3.05, 3.63) is 42.0 Å². The number of benzene rings is 1. The maximum absolute atomic E-state index is 10.9. The molecule has 0 radical (unpaired) electrons. The number of rotatable bonds is 4. The van der Waals surface area contributed by atoms with E-state index in [-0.39, 0.29) is 11.7 Å². The van der Waals surface area contributed by atoms with Crippen LogP contribution in [0.15, 0.2) is 41.1 Å². The molecule has 1 saturated heterocycles. The van der Waals surface area contributed by atoms with E-state index in [1.54, 1.807) is 24.4 Å². The van der Waals surface area contributed by atoms with Gasteiger partial charge in [-0.2, -0.15) is 5.10 Å². The van der Waals surface area contributed by atoms with E-state index in [1.165, 1.54) is 11.8 Å². The number of phenols is 1. The quantitative estimate of drug-likeness (QED) is 0.499. The standard InChI is InChI=1S/C13H13N3O2S/c1-2-3-10-6-9(4-5-11(10)17)7-14-16-13-15-12(18)8-19-13/h2,4-7,17H,1,3,8H2,(H,15,16,18). The van der Waals surface area contributed by atoms with E-state index in [1.807, 2.05) is 6.07 Å². The molecular formula is C13H13N3O2S. The average Bonchev–Trinajstić information content (AvgIpc) is 2.79. The van der Waals surface area contributed by atoms with E-state index >= 15 is 0 Å². The molecule has 1 aliphatic heterocycles. The first-order valence-corrected chi connectivity index (χ1v) is 6.64. The van der Waals surface area contributed by atoms with Gasteiger partial charge >= 0.3 is 0 Å². The van der Waals surface area contributed by atoms with Crippen molar-refractivity contribution in [3.63, 3.8) is 0 Å². The molecule has 6 heteroatoms. The Bertz CT molecular complexity index is 567. The molecule has 0 aromatic heterocycles. The Morgan fingerprint density at radius 1 is 1.53 bits per heavy atom. The van der Waals surface area contributed by atoms with E-state index in [0.29, 0.717) is 17.3 Å². The Labute approximate surface area is 115 Å². The number of thioether (sulfide) groups is 1. The van der Waals surface area contributed by atoms with Gasteiger partial charge in [-0.25, -0.2) is 0 Å². The predicted octanol–water partition coefficient (Wildman–Crippen LogP) is 1.67. The molecule has 0 spiro atoms. The normalized spacial score (nSPS) is 17.1. The van der Waals surface area contributed by atoms with Crippen LogP contribution in [0.1, 0.15) is 11.1 Å². The highest BCUT2D eigenvalue weighted by atomic mass is 32.2. The van der Waals surface area contributed by atoms with Crippen molar-refractivity contribution in [2.75, 3.05) is 5.75 Å². The first-order chi connectivity index (χ1) is 9.19. The molecule has 1 aromatic carbocycles. The third-order valence-electron chi connectivity index (χ3n) is 2.41. The molecule has 1 amide bonds. The molecule has 2 N–H and O–H groups in total. The Kier molecular flexibility index (Phi) is 4.35. The van der Waals surface area contributed by atoms with E-state index in [9.17, 15) is 9.90 Å². The lowest BCUT2D eigenvalue weighted by Crippen LogP contribution is -2.19. The van der Waals surface area contributed by atoms with Crippen molar-refractivity contribution in [2.45, 2.75) is 6.42 Å². The fourth-order valence-electron chi connectivity index (χ4n) is 1.53. The monoisotopic (exact) mass is 275 g/mol. The first-order valence-electron chi connectivity index (χ1n) is 5.65. The van der Waals surface area contributed by atoms with Crippen LogP contribution in [0.5, 0.6) is 5.75 Å². The lowest BCUT2D eigenvalue weighted by atomic mass is 10.1. The van der Waals surface area contributed by atoms with Crippen molar-refractivity contribution in [1.29, 1.82) is 0 Å². The van der Waals surface area contributed by atoms with E-state index in [0.717, 1.165) is 11.1 Å². The Morgan fingerprint density at radius 3 is 3.05 bits per heavy atom. The predicted molar refractivity (Wildman–Crippen MR) is 77.6 cm³/mol. The summed E-state index contributed by atoms with van der Waals surface area (Å²) in [5.41, 5.74) is 1.61. The van der Waals surface area contributed by atoms with Crippen LogP contribution in [-0.2, 0) is 11.2 Å². The van der Waals surface area contributed by atoms with Crippen LogP contribution in [-0.4, -0.2) is 28.1 Å². The Hall–Kier alpha value is -2.08. The zero-order chi connectivity index (χ0) is 13.7. The van der Waals surface area contributed by atoms with Crippen LogP contribution in [0.2, 0.25) is 0 Å². The highest BCUT2D eigenvalue weighted by molar-refractivity contribution is 8.15. The first kappa shape index (κ1) is 13.4. The summed E-state index contributed by atoms with van der Waals surface area (Å²) in [6, 6.07) is 5.17. The summed E-state index contributed by atoms with van der Waals surface area (Å²) in [5, 5.41) is 20.5.